The molecule has 0 saturated carbocycles. The van der Waals surface area contributed by atoms with E-state index in [0.29, 0.717) is 5.69 Å². The topological polar surface area (TPSA) is 79.0 Å². The number of carbonyl (C=O) groups excluding carboxylic acids is 1. The Labute approximate surface area is 143 Å². The maximum Gasteiger partial charge on any atom is 0.242 e. The molecule has 1 aromatic carbocycles. The molecular weight excluding hydrogens is 330 g/mol. The van der Waals surface area contributed by atoms with Gasteiger partial charge in [0, 0.05) is 32.9 Å². The minimum atomic E-state index is -3.46. The highest BCUT2D eigenvalue weighted by atomic mass is 32.2. The Morgan fingerprint density at radius 2 is 1.75 bits per heavy atom. The molecule has 1 amide bonds. The van der Waals surface area contributed by atoms with Crippen molar-refractivity contribution in [2.75, 3.05) is 39.0 Å². The smallest absolute Gasteiger partial charge is 0.242 e. The summed E-state index contributed by atoms with van der Waals surface area (Å²) in [6.07, 6.45) is 0.217. The van der Waals surface area contributed by atoms with Crippen LogP contribution in [0.15, 0.2) is 29.2 Å². The van der Waals surface area contributed by atoms with E-state index in [1.165, 1.54) is 26.2 Å². The molecule has 1 aromatic rings. The number of morpholine rings is 1. The Balaban J connectivity index is 1.95. The van der Waals surface area contributed by atoms with Gasteiger partial charge in [-0.1, -0.05) is 0 Å². The van der Waals surface area contributed by atoms with Gasteiger partial charge in [0.05, 0.1) is 23.6 Å². The Morgan fingerprint density at radius 3 is 2.25 bits per heavy atom. The van der Waals surface area contributed by atoms with Crippen molar-refractivity contribution < 1.29 is 17.9 Å². The summed E-state index contributed by atoms with van der Waals surface area (Å²) < 4.78 is 30.8. The molecule has 1 fully saturated rings. The maximum absolute atomic E-state index is 12.2. The van der Waals surface area contributed by atoms with Crippen LogP contribution >= 0.6 is 0 Å². The highest BCUT2D eigenvalue weighted by molar-refractivity contribution is 7.89. The lowest BCUT2D eigenvalue weighted by molar-refractivity contribution is -0.121. The van der Waals surface area contributed by atoms with Crippen LogP contribution in [0, 0.1) is 0 Å². The van der Waals surface area contributed by atoms with Crippen LogP contribution < -0.4 is 5.32 Å². The molecule has 134 valence electrons. The predicted octanol–water partition coefficient (Wildman–Crippen LogP) is 0.985. The van der Waals surface area contributed by atoms with Gasteiger partial charge in [0.25, 0.3) is 0 Å². The number of amides is 1. The standard InChI is InChI=1S/C16H25N3O4S/c1-12-9-19(10-13(2)23-12)11-16(20)17-14-5-7-15(8-6-14)24(21,22)18(3)4/h5-8,12-13H,9-11H2,1-4H3,(H,17,20)/t12-,13-/m0/s1. The normalized spacial score (nSPS) is 22.5. The van der Waals surface area contributed by atoms with Gasteiger partial charge < -0.3 is 10.1 Å². The first-order valence-electron chi connectivity index (χ1n) is 7.88. The minimum Gasteiger partial charge on any atom is -0.373 e. The highest BCUT2D eigenvalue weighted by Gasteiger charge is 2.23. The van der Waals surface area contributed by atoms with Crippen LogP contribution in [-0.4, -0.2) is 69.5 Å². The Morgan fingerprint density at radius 1 is 1.21 bits per heavy atom. The molecule has 2 rings (SSSR count). The van der Waals surface area contributed by atoms with Gasteiger partial charge in [0.15, 0.2) is 0 Å². The quantitative estimate of drug-likeness (QED) is 0.852. The third-order valence-corrected chi connectivity index (χ3v) is 5.61. The van der Waals surface area contributed by atoms with E-state index >= 15 is 0 Å². The average molecular weight is 355 g/mol. The molecule has 1 saturated heterocycles. The van der Waals surface area contributed by atoms with E-state index in [4.69, 9.17) is 4.74 Å². The van der Waals surface area contributed by atoms with Crippen LogP contribution in [0.2, 0.25) is 0 Å². The zero-order valence-electron chi connectivity index (χ0n) is 14.5. The summed E-state index contributed by atoms with van der Waals surface area (Å²) in [5, 5.41) is 2.80. The summed E-state index contributed by atoms with van der Waals surface area (Å²) in [5.41, 5.74) is 0.576. The molecule has 2 atom stereocenters. The van der Waals surface area contributed by atoms with Gasteiger partial charge in [-0.15, -0.1) is 0 Å². The number of anilines is 1. The molecule has 0 unspecified atom stereocenters. The SMILES string of the molecule is C[C@H]1CN(CC(=O)Nc2ccc(S(=O)(=O)N(C)C)cc2)C[C@H](C)O1. The van der Waals surface area contributed by atoms with Gasteiger partial charge in [-0.2, -0.15) is 0 Å². The number of ether oxygens (including phenoxy) is 1. The van der Waals surface area contributed by atoms with Crippen molar-refractivity contribution in [1.29, 1.82) is 0 Å². The molecule has 24 heavy (non-hydrogen) atoms. The molecular formula is C16H25N3O4S. The molecule has 1 N–H and O–H groups in total. The first-order chi connectivity index (χ1) is 11.2. The summed E-state index contributed by atoms with van der Waals surface area (Å²) >= 11 is 0. The van der Waals surface area contributed by atoms with Crippen molar-refractivity contribution >= 4 is 21.6 Å². The number of nitrogens with zero attached hydrogens (tertiary/aromatic N) is 2. The van der Waals surface area contributed by atoms with E-state index in [1.54, 1.807) is 12.1 Å². The second-order valence-corrected chi connectivity index (χ2v) is 8.46. The molecule has 0 spiro atoms. The summed E-state index contributed by atoms with van der Waals surface area (Å²) in [5.74, 6) is -0.125. The van der Waals surface area contributed by atoms with Crippen LogP contribution in [0.5, 0.6) is 0 Å². The highest BCUT2D eigenvalue weighted by Crippen LogP contribution is 2.17. The summed E-state index contributed by atoms with van der Waals surface area (Å²) in [6.45, 7) is 5.71. The lowest BCUT2D eigenvalue weighted by Crippen LogP contribution is -2.48. The monoisotopic (exact) mass is 355 g/mol. The second kappa shape index (κ2) is 7.60. The first kappa shape index (κ1) is 18.9. The Kier molecular flexibility index (Phi) is 5.97. The number of carbonyl (C=O) groups is 1. The van der Waals surface area contributed by atoms with Gasteiger partial charge in [-0.3, -0.25) is 9.69 Å². The van der Waals surface area contributed by atoms with E-state index in [2.05, 4.69) is 10.2 Å². The van der Waals surface area contributed by atoms with Crippen molar-refractivity contribution in [2.24, 2.45) is 0 Å². The molecule has 1 aliphatic heterocycles. The molecule has 0 bridgehead atoms. The first-order valence-corrected chi connectivity index (χ1v) is 9.32. The van der Waals surface area contributed by atoms with E-state index in [-0.39, 0.29) is 29.6 Å². The number of nitrogens with one attached hydrogen (secondary N) is 1. The van der Waals surface area contributed by atoms with Gasteiger partial charge in [0.1, 0.15) is 0 Å². The Hall–Kier alpha value is -1.48. The van der Waals surface area contributed by atoms with E-state index in [0.717, 1.165) is 17.4 Å². The minimum absolute atomic E-state index is 0.108. The van der Waals surface area contributed by atoms with Crippen molar-refractivity contribution in [3.05, 3.63) is 24.3 Å². The molecule has 8 heteroatoms. The number of sulfonamides is 1. The third-order valence-electron chi connectivity index (χ3n) is 3.78. The number of hydrogen-bond acceptors (Lipinski definition) is 5. The van der Waals surface area contributed by atoms with Crippen molar-refractivity contribution in [2.45, 2.75) is 31.0 Å². The van der Waals surface area contributed by atoms with E-state index < -0.39 is 10.0 Å². The fourth-order valence-corrected chi connectivity index (χ4v) is 3.64. The molecule has 7 nitrogen and oxygen atoms in total. The number of rotatable bonds is 5. The summed E-state index contributed by atoms with van der Waals surface area (Å²) in [4.78, 5) is 14.4. The third kappa shape index (κ3) is 4.76. The fraction of sp³-hybridized carbons (Fsp3) is 0.562. The van der Waals surface area contributed by atoms with Crippen LogP contribution in [-0.2, 0) is 19.6 Å². The van der Waals surface area contributed by atoms with Gasteiger partial charge >= 0.3 is 0 Å². The lowest BCUT2D eigenvalue weighted by Gasteiger charge is -2.34. The average Bonchev–Trinajstić information content (AvgIpc) is 2.46. The summed E-state index contributed by atoms with van der Waals surface area (Å²) in [6, 6.07) is 6.17. The van der Waals surface area contributed by atoms with Crippen LogP contribution in [0.1, 0.15) is 13.8 Å². The predicted molar refractivity (Wildman–Crippen MR) is 92.4 cm³/mol. The maximum atomic E-state index is 12.2. The zero-order valence-corrected chi connectivity index (χ0v) is 15.3. The van der Waals surface area contributed by atoms with Crippen LogP contribution in [0.4, 0.5) is 5.69 Å². The van der Waals surface area contributed by atoms with E-state index in [1.807, 2.05) is 13.8 Å². The summed E-state index contributed by atoms with van der Waals surface area (Å²) in [7, 11) is -0.496. The zero-order chi connectivity index (χ0) is 17.9. The van der Waals surface area contributed by atoms with Gasteiger partial charge in [-0.25, -0.2) is 12.7 Å². The van der Waals surface area contributed by atoms with Crippen molar-refractivity contribution in [3.63, 3.8) is 0 Å². The second-order valence-electron chi connectivity index (χ2n) is 6.31. The van der Waals surface area contributed by atoms with Crippen LogP contribution in [0.25, 0.3) is 0 Å². The Bertz CT molecular complexity index is 663. The number of benzene rings is 1. The van der Waals surface area contributed by atoms with Crippen molar-refractivity contribution in [1.82, 2.24) is 9.21 Å². The largest absolute Gasteiger partial charge is 0.373 e. The number of hydrogen-bond donors (Lipinski definition) is 1. The van der Waals surface area contributed by atoms with E-state index in [9.17, 15) is 13.2 Å². The molecule has 1 aliphatic rings. The molecule has 0 aromatic heterocycles. The molecule has 0 radical (unpaired) electrons. The fourth-order valence-electron chi connectivity index (χ4n) is 2.74. The van der Waals surface area contributed by atoms with Crippen molar-refractivity contribution in [3.8, 4) is 0 Å². The van der Waals surface area contributed by atoms with Crippen LogP contribution in [0.3, 0.4) is 0 Å². The van der Waals surface area contributed by atoms with Gasteiger partial charge in [-0.05, 0) is 38.1 Å². The molecule has 1 heterocycles. The molecule has 0 aliphatic carbocycles. The van der Waals surface area contributed by atoms with Gasteiger partial charge in [0.2, 0.25) is 15.9 Å². The lowest BCUT2D eigenvalue weighted by atomic mass is 10.2.